The van der Waals surface area contributed by atoms with Gasteiger partial charge < -0.3 is 14.4 Å². The third-order valence-electron chi connectivity index (χ3n) is 3.24. The minimum absolute atomic E-state index is 0.145. The minimum Gasteiger partial charge on any atom is -0.382 e. The monoisotopic (exact) mass is 258 g/mol. The smallest absolute Gasteiger partial charge is 0.104 e. The second kappa shape index (κ2) is 7.93. The summed E-state index contributed by atoms with van der Waals surface area (Å²) < 4.78 is 10.2. The number of methoxy groups -OCH3 is 1. The summed E-state index contributed by atoms with van der Waals surface area (Å²) in [6.07, 6.45) is 3.96. The molecule has 0 aromatic carbocycles. The van der Waals surface area contributed by atoms with Crippen LogP contribution in [0.2, 0.25) is 0 Å². The van der Waals surface area contributed by atoms with Crippen molar-refractivity contribution in [3.8, 4) is 6.07 Å². The molecule has 98 valence electrons. The van der Waals surface area contributed by atoms with Gasteiger partial charge in [0.1, 0.15) is 4.75 Å². The summed E-state index contributed by atoms with van der Waals surface area (Å²) in [7, 11) is 1.68. The maximum atomic E-state index is 9.17. The fourth-order valence-corrected chi connectivity index (χ4v) is 2.62. The van der Waals surface area contributed by atoms with Crippen molar-refractivity contribution < 1.29 is 9.47 Å². The summed E-state index contributed by atoms with van der Waals surface area (Å²) in [4.78, 5) is 2.37. The lowest BCUT2D eigenvalue weighted by Crippen LogP contribution is -2.42. The maximum absolute atomic E-state index is 9.17. The maximum Gasteiger partial charge on any atom is 0.104 e. The molecule has 1 aliphatic rings. The van der Waals surface area contributed by atoms with Crippen LogP contribution < -0.4 is 0 Å². The van der Waals surface area contributed by atoms with Crippen molar-refractivity contribution in [2.45, 2.75) is 17.6 Å². The summed E-state index contributed by atoms with van der Waals surface area (Å²) in [6.45, 7) is 5.03. The Balaban J connectivity index is 2.13. The van der Waals surface area contributed by atoms with Crippen LogP contribution in [-0.2, 0) is 9.47 Å². The molecule has 0 aromatic rings. The molecule has 0 aromatic heterocycles. The molecular weight excluding hydrogens is 236 g/mol. The summed E-state index contributed by atoms with van der Waals surface area (Å²) in [6, 6.07) is 2.46. The van der Waals surface area contributed by atoms with Crippen molar-refractivity contribution in [2.24, 2.45) is 0 Å². The quantitative estimate of drug-likeness (QED) is 0.645. The highest BCUT2D eigenvalue weighted by Gasteiger charge is 2.33. The van der Waals surface area contributed by atoms with Gasteiger partial charge in [0.25, 0.3) is 0 Å². The zero-order valence-corrected chi connectivity index (χ0v) is 11.6. The van der Waals surface area contributed by atoms with Crippen molar-refractivity contribution in [1.29, 1.82) is 5.26 Å². The van der Waals surface area contributed by atoms with Gasteiger partial charge in [-0.2, -0.15) is 5.26 Å². The van der Waals surface area contributed by atoms with Crippen LogP contribution in [0.5, 0.6) is 0 Å². The molecule has 1 aliphatic heterocycles. The van der Waals surface area contributed by atoms with Gasteiger partial charge in [-0.05, 0) is 19.1 Å². The van der Waals surface area contributed by atoms with Gasteiger partial charge in [-0.3, -0.25) is 0 Å². The minimum atomic E-state index is -0.145. The topological polar surface area (TPSA) is 45.5 Å². The highest BCUT2D eigenvalue weighted by molar-refractivity contribution is 8.00. The summed E-state index contributed by atoms with van der Waals surface area (Å²) in [5.74, 6) is 0. The number of nitriles is 1. The van der Waals surface area contributed by atoms with E-state index in [2.05, 4.69) is 11.0 Å². The van der Waals surface area contributed by atoms with Gasteiger partial charge in [0.2, 0.25) is 0 Å². The second-order valence-corrected chi connectivity index (χ2v) is 5.45. The Morgan fingerprint density at radius 1 is 1.29 bits per heavy atom. The molecule has 1 saturated heterocycles. The van der Waals surface area contributed by atoms with Crippen LogP contribution in [0.4, 0.5) is 0 Å². The molecule has 1 rings (SSSR count). The molecular formula is C12H22N2O2S. The molecule has 0 aliphatic carbocycles. The van der Waals surface area contributed by atoms with E-state index in [1.807, 2.05) is 6.26 Å². The molecule has 1 fully saturated rings. The predicted molar refractivity (Wildman–Crippen MR) is 70.2 cm³/mol. The third kappa shape index (κ3) is 4.84. The van der Waals surface area contributed by atoms with Crippen LogP contribution in [-0.4, -0.2) is 62.5 Å². The molecule has 0 unspecified atom stereocenters. The predicted octanol–water partition coefficient (Wildman–Crippen LogP) is 1.37. The lowest BCUT2D eigenvalue weighted by Gasteiger charge is -2.36. The average Bonchev–Trinajstić information content (AvgIpc) is 2.39. The van der Waals surface area contributed by atoms with E-state index in [1.165, 1.54) is 0 Å². The Morgan fingerprint density at radius 3 is 2.53 bits per heavy atom. The molecule has 1 heterocycles. The molecule has 0 spiro atoms. The summed E-state index contributed by atoms with van der Waals surface area (Å²) >= 11 is 1.69. The average molecular weight is 258 g/mol. The van der Waals surface area contributed by atoms with Crippen molar-refractivity contribution in [3.05, 3.63) is 0 Å². The molecule has 0 saturated carbocycles. The van der Waals surface area contributed by atoms with Crippen molar-refractivity contribution in [2.75, 3.05) is 52.8 Å². The first-order valence-corrected chi connectivity index (χ1v) is 7.24. The van der Waals surface area contributed by atoms with Crippen LogP contribution in [0.25, 0.3) is 0 Å². The van der Waals surface area contributed by atoms with Crippen molar-refractivity contribution >= 4 is 11.8 Å². The van der Waals surface area contributed by atoms with Crippen LogP contribution >= 0.6 is 11.8 Å². The lowest BCUT2D eigenvalue weighted by atomic mass is 9.97. The van der Waals surface area contributed by atoms with Gasteiger partial charge in [0.05, 0.1) is 25.9 Å². The second-order valence-electron chi connectivity index (χ2n) is 4.26. The van der Waals surface area contributed by atoms with Gasteiger partial charge in [0, 0.05) is 26.7 Å². The van der Waals surface area contributed by atoms with Crippen LogP contribution in [0.1, 0.15) is 12.8 Å². The van der Waals surface area contributed by atoms with Crippen molar-refractivity contribution in [3.63, 3.8) is 0 Å². The van der Waals surface area contributed by atoms with Crippen LogP contribution in [0.3, 0.4) is 0 Å². The van der Waals surface area contributed by atoms with E-state index < -0.39 is 0 Å². The Morgan fingerprint density at radius 2 is 2.00 bits per heavy atom. The number of thioether (sulfide) groups is 1. The van der Waals surface area contributed by atoms with Crippen molar-refractivity contribution in [1.82, 2.24) is 4.90 Å². The fraction of sp³-hybridized carbons (Fsp3) is 0.917. The molecule has 0 atom stereocenters. The Bertz CT molecular complexity index is 247. The van der Waals surface area contributed by atoms with E-state index in [0.29, 0.717) is 13.2 Å². The first-order chi connectivity index (χ1) is 8.26. The standard InChI is InChI=1S/C12H22N2O2S/c1-15-9-10-16-8-7-14-5-3-12(11-13,17-2)4-6-14/h3-10H2,1-2H3. The summed E-state index contributed by atoms with van der Waals surface area (Å²) in [5, 5.41) is 9.17. The van der Waals surface area contributed by atoms with Gasteiger partial charge in [-0.1, -0.05) is 0 Å². The van der Waals surface area contributed by atoms with E-state index in [9.17, 15) is 5.26 Å². The molecule has 0 N–H and O–H groups in total. The van der Waals surface area contributed by atoms with Gasteiger partial charge in [0.15, 0.2) is 0 Å². The molecule has 0 amide bonds. The third-order valence-corrected chi connectivity index (χ3v) is 4.52. The zero-order valence-electron chi connectivity index (χ0n) is 10.8. The van der Waals surface area contributed by atoms with Gasteiger partial charge >= 0.3 is 0 Å². The highest BCUT2D eigenvalue weighted by atomic mass is 32.2. The summed E-state index contributed by atoms with van der Waals surface area (Å²) in [5.41, 5.74) is 0. The number of rotatable bonds is 7. The highest BCUT2D eigenvalue weighted by Crippen LogP contribution is 2.33. The largest absolute Gasteiger partial charge is 0.382 e. The zero-order chi connectivity index (χ0) is 12.6. The molecule has 17 heavy (non-hydrogen) atoms. The molecule has 5 heteroatoms. The number of piperidine rings is 1. The van der Waals surface area contributed by atoms with E-state index in [1.54, 1.807) is 18.9 Å². The Labute approximate surface area is 108 Å². The number of likely N-dealkylation sites (tertiary alicyclic amines) is 1. The van der Waals surface area contributed by atoms with Gasteiger partial charge in [-0.25, -0.2) is 0 Å². The Hall–Kier alpha value is -0.280. The van der Waals surface area contributed by atoms with E-state index in [-0.39, 0.29) is 4.75 Å². The number of nitrogens with zero attached hydrogens (tertiary/aromatic N) is 2. The Kier molecular flexibility index (Phi) is 6.90. The van der Waals surface area contributed by atoms with E-state index in [0.717, 1.165) is 39.1 Å². The lowest BCUT2D eigenvalue weighted by molar-refractivity contribution is 0.0535. The molecule has 0 radical (unpaired) electrons. The van der Waals surface area contributed by atoms with E-state index in [4.69, 9.17) is 9.47 Å². The van der Waals surface area contributed by atoms with Gasteiger partial charge in [-0.15, -0.1) is 11.8 Å². The first kappa shape index (κ1) is 14.8. The van der Waals surface area contributed by atoms with Crippen LogP contribution in [0, 0.1) is 11.3 Å². The molecule has 0 bridgehead atoms. The normalized spacial score (nSPS) is 20.1. The first-order valence-electron chi connectivity index (χ1n) is 6.02. The SMILES string of the molecule is COCCOCCN1CCC(C#N)(SC)CC1. The van der Waals surface area contributed by atoms with E-state index >= 15 is 0 Å². The van der Waals surface area contributed by atoms with Crippen LogP contribution in [0.15, 0.2) is 0 Å². The number of ether oxygens (including phenoxy) is 2. The number of hydrogen-bond acceptors (Lipinski definition) is 5. The molecule has 4 nitrogen and oxygen atoms in total. The number of hydrogen-bond donors (Lipinski definition) is 0. The fourth-order valence-electron chi connectivity index (χ4n) is 1.94.